The summed E-state index contributed by atoms with van der Waals surface area (Å²) in [5, 5.41) is 11.1. The van der Waals surface area contributed by atoms with Crippen molar-refractivity contribution in [1.82, 2.24) is 4.98 Å². The summed E-state index contributed by atoms with van der Waals surface area (Å²) in [6, 6.07) is 77.7. The fraction of sp³-hybridized carbons (Fsp3) is 0.0678. The van der Waals surface area contributed by atoms with Gasteiger partial charge in [-0.3, -0.25) is 4.90 Å². The molecule has 2 nitrogen and oxygen atoms in total. The molecule has 0 aliphatic heterocycles. The van der Waals surface area contributed by atoms with Gasteiger partial charge in [0, 0.05) is 16.8 Å². The van der Waals surface area contributed by atoms with E-state index in [0.29, 0.717) is 0 Å². The minimum atomic E-state index is 0.0583. The van der Waals surface area contributed by atoms with Crippen molar-refractivity contribution in [1.29, 1.82) is 0 Å². The first-order chi connectivity index (χ1) is 29.9. The first-order valence-corrected chi connectivity index (χ1v) is 21.2. The highest BCUT2D eigenvalue weighted by molar-refractivity contribution is 6.22. The van der Waals surface area contributed by atoms with E-state index in [0.717, 1.165) is 33.7 Å². The van der Waals surface area contributed by atoms with E-state index >= 15 is 0 Å². The van der Waals surface area contributed by atoms with Crippen molar-refractivity contribution in [3.63, 3.8) is 0 Å². The Morgan fingerprint density at radius 3 is 1.41 bits per heavy atom. The van der Waals surface area contributed by atoms with E-state index in [9.17, 15) is 0 Å². The lowest BCUT2D eigenvalue weighted by atomic mass is 9.84. The van der Waals surface area contributed by atoms with Gasteiger partial charge < -0.3 is 0 Å². The molecule has 0 amide bonds. The van der Waals surface area contributed by atoms with Crippen LogP contribution in [-0.2, 0) is 5.41 Å². The molecule has 11 aromatic rings. The van der Waals surface area contributed by atoms with Crippen LogP contribution in [0.25, 0.3) is 87.4 Å². The van der Waals surface area contributed by atoms with Gasteiger partial charge in [0.25, 0.3) is 0 Å². The number of hydrogen-bond acceptors (Lipinski definition) is 2. The number of benzene rings is 10. The fourth-order valence-electron chi connectivity index (χ4n) is 9.18. The monoisotopic (exact) mass is 780 g/mol. The molecule has 0 atom stereocenters. The highest BCUT2D eigenvalue weighted by atomic mass is 15.2. The standard InChI is InChI=1S/C59H44N2/c1-59(2,3)48-28-32-50(33-29-48)61(56-35-27-42-14-8-11-19-55(42)60-56)49-30-24-41(25-31-49)45-26-34-53-54(38-45)58(47-23-21-40-13-5-7-16-44(40)37-47)52-18-10-9-17-51(52)57(53)46-22-20-39-12-4-6-15-43(39)36-46/h4-38H,1-3H3. The van der Waals surface area contributed by atoms with Crippen molar-refractivity contribution in [2.45, 2.75) is 26.2 Å². The third-order valence-electron chi connectivity index (χ3n) is 12.4. The number of aromatic nitrogens is 1. The Kier molecular flexibility index (Phi) is 8.75. The van der Waals surface area contributed by atoms with Crippen molar-refractivity contribution in [2.24, 2.45) is 0 Å². The summed E-state index contributed by atoms with van der Waals surface area (Å²) in [5.41, 5.74) is 11.7. The van der Waals surface area contributed by atoms with Gasteiger partial charge in [0.2, 0.25) is 0 Å². The Bertz CT molecular complexity index is 3450. The van der Waals surface area contributed by atoms with Crippen LogP contribution < -0.4 is 4.90 Å². The zero-order chi connectivity index (χ0) is 41.1. The molecule has 0 saturated carbocycles. The molecule has 0 spiro atoms. The van der Waals surface area contributed by atoms with Crippen molar-refractivity contribution in [2.75, 3.05) is 4.90 Å². The van der Waals surface area contributed by atoms with E-state index in [2.05, 4.69) is 238 Å². The molecular weight excluding hydrogens is 737 g/mol. The third kappa shape index (κ3) is 6.58. The van der Waals surface area contributed by atoms with Crippen LogP contribution in [0.3, 0.4) is 0 Å². The molecule has 1 heterocycles. The predicted octanol–water partition coefficient (Wildman–Crippen LogP) is 16.6. The van der Waals surface area contributed by atoms with Crippen molar-refractivity contribution in [3.8, 4) is 33.4 Å². The summed E-state index contributed by atoms with van der Waals surface area (Å²) in [6.45, 7) is 6.77. The minimum absolute atomic E-state index is 0.0583. The second kappa shape index (κ2) is 14.6. The van der Waals surface area contributed by atoms with Gasteiger partial charge in [0.15, 0.2) is 0 Å². The Morgan fingerprint density at radius 1 is 0.344 bits per heavy atom. The van der Waals surface area contributed by atoms with E-state index in [1.165, 1.54) is 76.5 Å². The van der Waals surface area contributed by atoms with Gasteiger partial charge >= 0.3 is 0 Å². The largest absolute Gasteiger partial charge is 0.295 e. The maximum absolute atomic E-state index is 5.17. The maximum atomic E-state index is 5.17. The number of nitrogens with zero attached hydrogens (tertiary/aromatic N) is 2. The van der Waals surface area contributed by atoms with Crippen LogP contribution in [0.1, 0.15) is 26.3 Å². The van der Waals surface area contributed by atoms with E-state index < -0.39 is 0 Å². The molecule has 0 aliphatic carbocycles. The summed E-state index contributed by atoms with van der Waals surface area (Å²) in [7, 11) is 0. The Labute approximate surface area is 357 Å². The average Bonchev–Trinajstić information content (AvgIpc) is 3.30. The molecule has 2 heteroatoms. The molecule has 0 bridgehead atoms. The summed E-state index contributed by atoms with van der Waals surface area (Å²) < 4.78 is 0. The molecule has 10 aromatic carbocycles. The van der Waals surface area contributed by atoms with Crippen LogP contribution >= 0.6 is 0 Å². The van der Waals surface area contributed by atoms with Crippen LogP contribution in [-0.4, -0.2) is 4.98 Å². The lowest BCUT2D eigenvalue weighted by molar-refractivity contribution is 0.590. The summed E-state index contributed by atoms with van der Waals surface area (Å²) >= 11 is 0. The molecular formula is C59H44N2. The third-order valence-corrected chi connectivity index (χ3v) is 12.4. The number of fused-ring (bicyclic) bond motifs is 5. The molecule has 1 aromatic heterocycles. The van der Waals surface area contributed by atoms with E-state index in [4.69, 9.17) is 4.98 Å². The summed E-state index contributed by atoms with van der Waals surface area (Å²) in [4.78, 5) is 7.44. The van der Waals surface area contributed by atoms with Gasteiger partial charge in [0.05, 0.1) is 5.52 Å². The van der Waals surface area contributed by atoms with Crippen molar-refractivity contribution < 1.29 is 0 Å². The Balaban J connectivity index is 1.09. The van der Waals surface area contributed by atoms with Crippen molar-refractivity contribution in [3.05, 3.63) is 218 Å². The van der Waals surface area contributed by atoms with Gasteiger partial charge in [-0.25, -0.2) is 4.98 Å². The molecule has 0 radical (unpaired) electrons. The van der Waals surface area contributed by atoms with Gasteiger partial charge in [-0.15, -0.1) is 0 Å². The minimum Gasteiger partial charge on any atom is -0.295 e. The van der Waals surface area contributed by atoms with Gasteiger partial charge in [-0.1, -0.05) is 172 Å². The van der Waals surface area contributed by atoms with E-state index in [-0.39, 0.29) is 5.41 Å². The summed E-state index contributed by atoms with van der Waals surface area (Å²) in [5.74, 6) is 0.883. The molecule has 0 fully saturated rings. The Morgan fingerprint density at radius 2 is 0.803 bits per heavy atom. The van der Waals surface area contributed by atoms with Crippen LogP contribution in [0.4, 0.5) is 17.2 Å². The second-order valence-corrected chi connectivity index (χ2v) is 17.2. The SMILES string of the molecule is CC(C)(C)c1ccc(N(c2ccc(-c3ccc4c(-c5ccc6ccccc6c5)c5ccccc5c(-c5ccc6ccccc6c5)c4c3)cc2)c2ccc3ccccc3n2)cc1. The van der Waals surface area contributed by atoms with Crippen LogP contribution in [0, 0.1) is 0 Å². The molecule has 11 rings (SSSR count). The topological polar surface area (TPSA) is 16.1 Å². The normalized spacial score (nSPS) is 11.9. The predicted molar refractivity (Wildman–Crippen MR) is 261 cm³/mol. The molecule has 0 aliphatic rings. The van der Waals surface area contributed by atoms with Crippen LogP contribution in [0.2, 0.25) is 0 Å². The second-order valence-electron chi connectivity index (χ2n) is 17.2. The number of anilines is 3. The highest BCUT2D eigenvalue weighted by Gasteiger charge is 2.20. The number of para-hydroxylation sites is 1. The Hall–Kier alpha value is -7.55. The molecule has 61 heavy (non-hydrogen) atoms. The number of pyridine rings is 1. The number of hydrogen-bond donors (Lipinski definition) is 0. The first kappa shape index (κ1) is 36.5. The molecule has 0 unspecified atom stereocenters. The maximum Gasteiger partial charge on any atom is 0.138 e. The highest BCUT2D eigenvalue weighted by Crippen LogP contribution is 2.46. The van der Waals surface area contributed by atoms with E-state index in [1.54, 1.807) is 0 Å². The van der Waals surface area contributed by atoms with Gasteiger partial charge in [-0.05, 0) is 148 Å². The molecule has 290 valence electrons. The van der Waals surface area contributed by atoms with Gasteiger partial charge in [-0.2, -0.15) is 0 Å². The fourth-order valence-corrected chi connectivity index (χ4v) is 9.18. The zero-order valence-corrected chi connectivity index (χ0v) is 34.6. The lowest BCUT2D eigenvalue weighted by Gasteiger charge is -2.26. The van der Waals surface area contributed by atoms with Gasteiger partial charge in [0.1, 0.15) is 5.82 Å². The van der Waals surface area contributed by atoms with Crippen LogP contribution in [0.15, 0.2) is 212 Å². The lowest BCUT2D eigenvalue weighted by Crippen LogP contribution is -2.14. The first-order valence-electron chi connectivity index (χ1n) is 21.2. The summed E-state index contributed by atoms with van der Waals surface area (Å²) in [6.07, 6.45) is 0. The molecule has 0 N–H and O–H groups in total. The molecule has 0 saturated heterocycles. The van der Waals surface area contributed by atoms with E-state index in [1.807, 2.05) is 0 Å². The number of rotatable bonds is 6. The quantitative estimate of drug-likeness (QED) is 0.156. The zero-order valence-electron chi connectivity index (χ0n) is 34.6. The average molecular weight is 781 g/mol. The smallest absolute Gasteiger partial charge is 0.138 e. The van der Waals surface area contributed by atoms with Crippen LogP contribution in [0.5, 0.6) is 0 Å². The van der Waals surface area contributed by atoms with Crippen molar-refractivity contribution >= 4 is 71.2 Å².